The molecule has 2 N–H and O–H groups in total. The minimum atomic E-state index is -3.31. The molecule has 0 bridgehead atoms. The van der Waals surface area contributed by atoms with Crippen molar-refractivity contribution >= 4 is 28.3 Å². The van der Waals surface area contributed by atoms with E-state index in [-0.39, 0.29) is 36.0 Å². The van der Waals surface area contributed by atoms with Gasteiger partial charge in [-0.3, -0.25) is 4.79 Å². The van der Waals surface area contributed by atoms with E-state index in [1.807, 2.05) is 13.8 Å². The number of nitrogens with two attached hydrogens (primary N) is 1. The smallest absolute Gasteiger partial charge is 0.237 e. The maximum Gasteiger partial charge on any atom is 0.237 e. The first-order valence-electron chi connectivity index (χ1n) is 5.94. The second-order valence-electron chi connectivity index (χ2n) is 5.27. The first-order chi connectivity index (χ1) is 8.05. The third-order valence-corrected chi connectivity index (χ3v) is 4.65. The van der Waals surface area contributed by atoms with Gasteiger partial charge in [0, 0.05) is 20.6 Å². The summed E-state index contributed by atoms with van der Waals surface area (Å²) in [4.78, 5) is 13.4. The summed E-state index contributed by atoms with van der Waals surface area (Å²) in [6, 6.07) is 0. The van der Waals surface area contributed by atoms with Crippen LogP contribution in [0.1, 0.15) is 20.8 Å². The van der Waals surface area contributed by atoms with E-state index in [4.69, 9.17) is 5.73 Å². The SMILES string of the molecule is CCS(=O)(=O)N(C)CC(=O)N(C)CC(C)(C)CN.Cl. The zero-order valence-electron chi connectivity index (χ0n) is 12.3. The maximum absolute atomic E-state index is 11.9. The normalized spacial score (nSPS) is 12.2. The molecule has 6 nitrogen and oxygen atoms in total. The van der Waals surface area contributed by atoms with E-state index in [1.54, 1.807) is 14.0 Å². The van der Waals surface area contributed by atoms with Gasteiger partial charge in [-0.2, -0.15) is 4.31 Å². The van der Waals surface area contributed by atoms with Gasteiger partial charge >= 0.3 is 0 Å². The summed E-state index contributed by atoms with van der Waals surface area (Å²) >= 11 is 0. The van der Waals surface area contributed by atoms with Gasteiger partial charge in [-0.05, 0) is 18.9 Å². The number of amides is 1. The van der Waals surface area contributed by atoms with Crippen LogP contribution in [0.3, 0.4) is 0 Å². The fourth-order valence-electron chi connectivity index (χ4n) is 1.42. The molecule has 0 aromatic rings. The molecule has 0 atom stereocenters. The molecular weight excluding hydrogens is 290 g/mol. The molecule has 0 aliphatic rings. The summed E-state index contributed by atoms with van der Waals surface area (Å²) in [5.74, 6) is -0.231. The van der Waals surface area contributed by atoms with Gasteiger partial charge in [0.1, 0.15) is 0 Å². The number of carbonyl (C=O) groups excluding carboxylic acids is 1. The Morgan fingerprint density at radius 3 is 2.11 bits per heavy atom. The molecule has 0 radical (unpaired) electrons. The second-order valence-corrected chi connectivity index (χ2v) is 7.64. The predicted molar refractivity (Wildman–Crippen MR) is 79.8 cm³/mol. The Bertz CT molecular complexity index is 385. The van der Waals surface area contributed by atoms with Crippen LogP contribution >= 0.6 is 12.4 Å². The van der Waals surface area contributed by atoms with Crippen LogP contribution in [0, 0.1) is 5.41 Å². The van der Waals surface area contributed by atoms with Crippen LogP contribution in [0.15, 0.2) is 0 Å². The molecule has 0 aliphatic carbocycles. The van der Waals surface area contributed by atoms with Gasteiger partial charge in [-0.25, -0.2) is 8.42 Å². The number of sulfonamides is 1. The Morgan fingerprint density at radius 1 is 1.26 bits per heavy atom. The highest BCUT2D eigenvalue weighted by molar-refractivity contribution is 7.89. The lowest BCUT2D eigenvalue weighted by Gasteiger charge is -2.30. The number of hydrogen-bond donors (Lipinski definition) is 1. The van der Waals surface area contributed by atoms with E-state index in [0.717, 1.165) is 4.31 Å². The second kappa shape index (κ2) is 8.04. The highest BCUT2D eigenvalue weighted by Gasteiger charge is 2.24. The van der Waals surface area contributed by atoms with Crippen molar-refractivity contribution in [1.29, 1.82) is 0 Å². The molecule has 0 aromatic heterocycles. The lowest BCUT2D eigenvalue weighted by molar-refractivity contribution is -0.131. The number of nitrogens with zero attached hydrogens (tertiary/aromatic N) is 2. The molecule has 0 rings (SSSR count). The Hall–Kier alpha value is -0.370. The van der Waals surface area contributed by atoms with Crippen LogP contribution in [0.2, 0.25) is 0 Å². The van der Waals surface area contributed by atoms with Crippen molar-refractivity contribution in [2.75, 3.05) is 39.5 Å². The monoisotopic (exact) mass is 315 g/mol. The molecule has 0 heterocycles. The van der Waals surface area contributed by atoms with Gasteiger partial charge in [0.25, 0.3) is 0 Å². The van der Waals surface area contributed by atoms with Crippen LogP contribution in [-0.4, -0.2) is 63.0 Å². The van der Waals surface area contributed by atoms with E-state index in [9.17, 15) is 13.2 Å². The summed E-state index contributed by atoms with van der Waals surface area (Å²) < 4.78 is 24.2. The maximum atomic E-state index is 11.9. The van der Waals surface area contributed by atoms with E-state index in [1.165, 1.54) is 11.9 Å². The van der Waals surface area contributed by atoms with Crippen molar-refractivity contribution in [2.45, 2.75) is 20.8 Å². The number of hydrogen-bond acceptors (Lipinski definition) is 4. The molecule has 0 aliphatic heterocycles. The first kappa shape index (κ1) is 20.9. The van der Waals surface area contributed by atoms with E-state index < -0.39 is 10.0 Å². The van der Waals surface area contributed by atoms with Crippen LogP contribution in [0.5, 0.6) is 0 Å². The molecule has 0 aromatic carbocycles. The summed E-state index contributed by atoms with van der Waals surface area (Å²) in [5.41, 5.74) is 5.43. The van der Waals surface area contributed by atoms with E-state index in [2.05, 4.69) is 0 Å². The molecule has 0 saturated heterocycles. The number of rotatable bonds is 7. The van der Waals surface area contributed by atoms with Crippen molar-refractivity contribution in [3.8, 4) is 0 Å². The molecule has 8 heteroatoms. The molecular formula is C11H26ClN3O3S. The third kappa shape index (κ3) is 7.10. The third-order valence-electron chi connectivity index (χ3n) is 2.84. The van der Waals surface area contributed by atoms with Crippen molar-refractivity contribution in [2.24, 2.45) is 11.1 Å². The van der Waals surface area contributed by atoms with Gasteiger partial charge in [0.15, 0.2) is 0 Å². The fourth-order valence-corrected chi connectivity index (χ4v) is 2.17. The predicted octanol–water partition coefficient (Wildman–Crippen LogP) is 0.133. The van der Waals surface area contributed by atoms with Crippen LogP contribution in [-0.2, 0) is 14.8 Å². The van der Waals surface area contributed by atoms with E-state index in [0.29, 0.717) is 13.1 Å². The van der Waals surface area contributed by atoms with Gasteiger partial charge in [0.2, 0.25) is 15.9 Å². The highest BCUT2D eigenvalue weighted by Crippen LogP contribution is 2.14. The zero-order chi connectivity index (χ0) is 14.6. The van der Waals surface area contributed by atoms with Crippen LogP contribution in [0.4, 0.5) is 0 Å². The molecule has 1 amide bonds. The minimum absolute atomic E-state index is 0. The standard InChI is InChI=1S/C11H25N3O3S.ClH/c1-6-18(16,17)14(5)7-10(15)13(4)9-11(2,3)8-12;/h6-9,12H2,1-5H3;1H. The van der Waals surface area contributed by atoms with Crippen molar-refractivity contribution < 1.29 is 13.2 Å². The van der Waals surface area contributed by atoms with Crippen molar-refractivity contribution in [3.63, 3.8) is 0 Å². The molecule has 0 fully saturated rings. The molecule has 0 saturated carbocycles. The summed E-state index contributed by atoms with van der Waals surface area (Å²) in [6.07, 6.45) is 0. The number of carbonyl (C=O) groups is 1. The fraction of sp³-hybridized carbons (Fsp3) is 0.909. The highest BCUT2D eigenvalue weighted by atomic mass is 35.5. The Kier molecular flexibility index (Phi) is 8.86. The molecule has 116 valence electrons. The Balaban J connectivity index is 0. The molecule has 0 unspecified atom stereocenters. The van der Waals surface area contributed by atoms with Crippen molar-refractivity contribution in [1.82, 2.24) is 9.21 Å². The topological polar surface area (TPSA) is 83.7 Å². The van der Waals surface area contributed by atoms with Gasteiger partial charge in [0.05, 0.1) is 12.3 Å². The summed E-state index contributed by atoms with van der Waals surface area (Å²) in [6.45, 7) is 6.31. The first-order valence-corrected chi connectivity index (χ1v) is 7.54. The molecule has 19 heavy (non-hydrogen) atoms. The van der Waals surface area contributed by atoms with Gasteiger partial charge in [-0.1, -0.05) is 13.8 Å². The summed E-state index contributed by atoms with van der Waals surface area (Å²) in [7, 11) is -0.241. The van der Waals surface area contributed by atoms with Crippen LogP contribution in [0.25, 0.3) is 0 Å². The largest absolute Gasteiger partial charge is 0.344 e. The average Bonchev–Trinajstić information content (AvgIpc) is 2.28. The summed E-state index contributed by atoms with van der Waals surface area (Å²) in [5, 5.41) is 0. The van der Waals surface area contributed by atoms with Crippen LogP contribution < -0.4 is 5.73 Å². The average molecular weight is 316 g/mol. The minimum Gasteiger partial charge on any atom is -0.344 e. The van der Waals surface area contributed by atoms with Gasteiger partial charge < -0.3 is 10.6 Å². The molecule has 0 spiro atoms. The van der Waals surface area contributed by atoms with Crippen molar-refractivity contribution in [3.05, 3.63) is 0 Å². The lowest BCUT2D eigenvalue weighted by atomic mass is 9.93. The Labute approximate surface area is 122 Å². The number of halogens is 1. The zero-order valence-corrected chi connectivity index (χ0v) is 14.0. The number of likely N-dealkylation sites (N-methyl/N-ethyl adjacent to an activating group) is 2. The Morgan fingerprint density at radius 2 is 1.74 bits per heavy atom. The van der Waals surface area contributed by atoms with Gasteiger partial charge in [-0.15, -0.1) is 12.4 Å². The quantitative estimate of drug-likeness (QED) is 0.724. The van der Waals surface area contributed by atoms with E-state index >= 15 is 0 Å². The lowest BCUT2D eigenvalue weighted by Crippen LogP contribution is -2.44.